The number of piperidine rings is 1. The molecule has 1 aromatic heterocycles. The summed E-state index contributed by atoms with van der Waals surface area (Å²) in [5.74, 6) is 1.48. The molecular weight excluding hydrogens is 250 g/mol. The van der Waals surface area contributed by atoms with Crippen molar-refractivity contribution in [3.8, 4) is 11.4 Å². The molecule has 0 radical (unpaired) electrons. The molecule has 1 saturated heterocycles. The van der Waals surface area contributed by atoms with Crippen molar-refractivity contribution in [1.29, 1.82) is 0 Å². The van der Waals surface area contributed by atoms with Gasteiger partial charge in [0.25, 0.3) is 0 Å². The number of aromatic nitrogens is 2. The Bertz CT molecular complexity index is 538. The molecule has 106 valence electrons. The van der Waals surface area contributed by atoms with Gasteiger partial charge in [0.05, 0.1) is 24.7 Å². The molecule has 0 bridgehead atoms. The summed E-state index contributed by atoms with van der Waals surface area (Å²) in [7, 11) is 2.18. The fourth-order valence-corrected chi connectivity index (χ4v) is 2.73. The minimum atomic E-state index is 0.633. The van der Waals surface area contributed by atoms with Gasteiger partial charge >= 0.3 is 0 Å². The molecule has 2 heterocycles. The standard InChI is InChI=1S/C16H21N3O/c1-18-9-5-6-14(11-18)13-20-16-10-17-19(12-16)15-7-3-2-4-8-15/h2-4,7-8,10,12,14H,5-6,9,11,13H2,1H3. The summed E-state index contributed by atoms with van der Waals surface area (Å²) in [5.41, 5.74) is 1.06. The highest BCUT2D eigenvalue weighted by Crippen LogP contribution is 2.18. The molecule has 2 aromatic rings. The van der Waals surface area contributed by atoms with Crippen LogP contribution in [0.15, 0.2) is 42.7 Å². The lowest BCUT2D eigenvalue weighted by Gasteiger charge is -2.29. The smallest absolute Gasteiger partial charge is 0.157 e. The van der Waals surface area contributed by atoms with Gasteiger partial charge in [-0.25, -0.2) is 4.68 Å². The Morgan fingerprint density at radius 1 is 1.30 bits per heavy atom. The molecule has 1 aromatic carbocycles. The quantitative estimate of drug-likeness (QED) is 0.856. The van der Waals surface area contributed by atoms with Crippen molar-refractivity contribution in [1.82, 2.24) is 14.7 Å². The first-order chi connectivity index (χ1) is 9.81. The van der Waals surface area contributed by atoms with Crippen LogP contribution in [0.25, 0.3) is 5.69 Å². The van der Waals surface area contributed by atoms with Gasteiger partial charge in [-0.1, -0.05) is 18.2 Å². The summed E-state index contributed by atoms with van der Waals surface area (Å²) >= 11 is 0. The topological polar surface area (TPSA) is 30.3 Å². The SMILES string of the molecule is CN1CCCC(COc2cnn(-c3ccccc3)c2)C1. The molecule has 0 aliphatic carbocycles. The van der Waals surface area contributed by atoms with Gasteiger partial charge in [-0.2, -0.15) is 5.10 Å². The molecule has 1 aliphatic heterocycles. The van der Waals surface area contributed by atoms with Crippen molar-refractivity contribution in [2.24, 2.45) is 5.92 Å². The summed E-state index contributed by atoms with van der Waals surface area (Å²) in [4.78, 5) is 2.38. The van der Waals surface area contributed by atoms with Crippen LogP contribution < -0.4 is 4.74 Å². The molecule has 4 heteroatoms. The zero-order valence-corrected chi connectivity index (χ0v) is 11.9. The monoisotopic (exact) mass is 271 g/mol. The Labute approximate surface area is 120 Å². The number of hydrogen-bond donors (Lipinski definition) is 0. The highest BCUT2D eigenvalue weighted by atomic mass is 16.5. The van der Waals surface area contributed by atoms with Crippen LogP contribution in [0.4, 0.5) is 0 Å². The predicted molar refractivity (Wildman–Crippen MR) is 79.3 cm³/mol. The van der Waals surface area contributed by atoms with Gasteiger partial charge in [0.15, 0.2) is 5.75 Å². The van der Waals surface area contributed by atoms with E-state index in [1.54, 1.807) is 6.20 Å². The molecule has 0 amide bonds. The van der Waals surface area contributed by atoms with Gasteiger partial charge in [-0.05, 0) is 38.6 Å². The van der Waals surface area contributed by atoms with Crippen molar-refractivity contribution < 1.29 is 4.74 Å². The number of likely N-dealkylation sites (tertiary alicyclic amines) is 1. The second-order valence-electron chi connectivity index (χ2n) is 5.54. The molecule has 0 N–H and O–H groups in total. The first-order valence-corrected chi connectivity index (χ1v) is 7.23. The van der Waals surface area contributed by atoms with Crippen LogP contribution in [-0.4, -0.2) is 41.4 Å². The van der Waals surface area contributed by atoms with E-state index in [1.165, 1.54) is 19.4 Å². The predicted octanol–water partition coefficient (Wildman–Crippen LogP) is 2.59. The second kappa shape index (κ2) is 6.09. The summed E-state index contributed by atoms with van der Waals surface area (Å²) in [6.45, 7) is 3.13. The minimum Gasteiger partial charge on any atom is -0.490 e. The average molecular weight is 271 g/mol. The molecule has 1 unspecified atom stereocenters. The first-order valence-electron chi connectivity index (χ1n) is 7.23. The molecule has 0 spiro atoms. The number of rotatable bonds is 4. The second-order valence-corrected chi connectivity index (χ2v) is 5.54. The summed E-state index contributed by atoms with van der Waals surface area (Å²) in [6, 6.07) is 10.1. The summed E-state index contributed by atoms with van der Waals surface area (Å²) in [6.07, 6.45) is 6.27. The molecule has 1 aliphatic rings. The maximum absolute atomic E-state index is 5.89. The highest BCUT2D eigenvalue weighted by molar-refractivity contribution is 5.32. The Morgan fingerprint density at radius 2 is 2.15 bits per heavy atom. The van der Waals surface area contributed by atoms with Crippen molar-refractivity contribution >= 4 is 0 Å². The maximum atomic E-state index is 5.89. The Balaban J connectivity index is 1.58. The zero-order valence-electron chi connectivity index (χ0n) is 11.9. The maximum Gasteiger partial charge on any atom is 0.157 e. The van der Waals surface area contributed by atoms with Gasteiger partial charge in [0.2, 0.25) is 0 Å². The van der Waals surface area contributed by atoms with Gasteiger partial charge in [-0.3, -0.25) is 0 Å². The largest absolute Gasteiger partial charge is 0.490 e. The fourth-order valence-electron chi connectivity index (χ4n) is 2.73. The molecule has 20 heavy (non-hydrogen) atoms. The number of para-hydroxylation sites is 1. The van der Waals surface area contributed by atoms with E-state index in [0.717, 1.165) is 24.6 Å². The van der Waals surface area contributed by atoms with Crippen LogP contribution in [-0.2, 0) is 0 Å². The lowest BCUT2D eigenvalue weighted by atomic mass is 10.00. The van der Waals surface area contributed by atoms with Crippen LogP contribution in [0, 0.1) is 5.92 Å². The van der Waals surface area contributed by atoms with Crippen molar-refractivity contribution in [3.63, 3.8) is 0 Å². The minimum absolute atomic E-state index is 0.633. The van der Waals surface area contributed by atoms with Crippen molar-refractivity contribution in [2.45, 2.75) is 12.8 Å². The third-order valence-electron chi connectivity index (χ3n) is 3.79. The molecule has 4 nitrogen and oxygen atoms in total. The summed E-state index contributed by atoms with van der Waals surface area (Å²) in [5, 5.41) is 4.35. The average Bonchev–Trinajstić information content (AvgIpc) is 2.95. The van der Waals surface area contributed by atoms with E-state index in [2.05, 4.69) is 17.0 Å². The zero-order chi connectivity index (χ0) is 13.8. The van der Waals surface area contributed by atoms with Gasteiger partial charge < -0.3 is 9.64 Å². The highest BCUT2D eigenvalue weighted by Gasteiger charge is 2.17. The number of hydrogen-bond acceptors (Lipinski definition) is 3. The molecule has 0 saturated carbocycles. The molecule has 1 fully saturated rings. The van der Waals surface area contributed by atoms with E-state index in [-0.39, 0.29) is 0 Å². The van der Waals surface area contributed by atoms with Gasteiger partial charge in [0, 0.05) is 12.5 Å². The molecule has 3 rings (SSSR count). The van der Waals surface area contributed by atoms with Crippen molar-refractivity contribution in [2.75, 3.05) is 26.7 Å². The lowest BCUT2D eigenvalue weighted by molar-refractivity contribution is 0.150. The summed E-state index contributed by atoms with van der Waals surface area (Å²) < 4.78 is 7.74. The van der Waals surface area contributed by atoms with Crippen LogP contribution in [0.2, 0.25) is 0 Å². The first kappa shape index (κ1) is 13.2. The van der Waals surface area contributed by atoms with E-state index in [0.29, 0.717) is 5.92 Å². The van der Waals surface area contributed by atoms with E-state index >= 15 is 0 Å². The Hall–Kier alpha value is -1.81. The normalized spacial score (nSPS) is 19.9. The van der Waals surface area contributed by atoms with Gasteiger partial charge in [-0.15, -0.1) is 0 Å². The molecular formula is C16H21N3O. The molecule has 1 atom stereocenters. The number of ether oxygens (including phenoxy) is 1. The number of nitrogens with zero attached hydrogens (tertiary/aromatic N) is 3. The van der Waals surface area contributed by atoms with Crippen LogP contribution in [0.1, 0.15) is 12.8 Å². The Kier molecular flexibility index (Phi) is 4.02. The fraction of sp³-hybridized carbons (Fsp3) is 0.438. The van der Waals surface area contributed by atoms with E-state index in [1.807, 2.05) is 41.2 Å². The van der Waals surface area contributed by atoms with E-state index in [4.69, 9.17) is 4.74 Å². The van der Waals surface area contributed by atoms with Gasteiger partial charge in [0.1, 0.15) is 0 Å². The third-order valence-corrected chi connectivity index (χ3v) is 3.79. The Morgan fingerprint density at radius 3 is 2.95 bits per heavy atom. The van der Waals surface area contributed by atoms with E-state index in [9.17, 15) is 0 Å². The number of benzene rings is 1. The lowest BCUT2D eigenvalue weighted by Crippen LogP contribution is -2.34. The van der Waals surface area contributed by atoms with Crippen LogP contribution in [0.5, 0.6) is 5.75 Å². The van der Waals surface area contributed by atoms with E-state index < -0.39 is 0 Å². The third kappa shape index (κ3) is 3.20. The van der Waals surface area contributed by atoms with Crippen molar-refractivity contribution in [3.05, 3.63) is 42.7 Å². The van der Waals surface area contributed by atoms with Crippen LogP contribution in [0.3, 0.4) is 0 Å². The van der Waals surface area contributed by atoms with Crippen LogP contribution >= 0.6 is 0 Å².